The lowest BCUT2D eigenvalue weighted by Gasteiger charge is -2.13. The van der Waals surface area contributed by atoms with Gasteiger partial charge in [0.25, 0.3) is 11.8 Å². The van der Waals surface area contributed by atoms with E-state index in [1.54, 1.807) is 6.07 Å². The first-order valence-corrected chi connectivity index (χ1v) is 9.84. The molecule has 5 heteroatoms. The Morgan fingerprint density at radius 1 is 1.07 bits per heavy atom. The first-order valence-electron chi connectivity index (χ1n) is 9.84. The molecular formula is C23H27N3O2. The van der Waals surface area contributed by atoms with Crippen LogP contribution in [0.2, 0.25) is 0 Å². The minimum atomic E-state index is -0.252. The van der Waals surface area contributed by atoms with Gasteiger partial charge in [0.1, 0.15) is 5.69 Å². The van der Waals surface area contributed by atoms with E-state index in [9.17, 15) is 9.59 Å². The van der Waals surface area contributed by atoms with E-state index in [4.69, 9.17) is 0 Å². The van der Waals surface area contributed by atoms with Crippen LogP contribution in [0, 0.1) is 13.8 Å². The Morgan fingerprint density at radius 3 is 2.57 bits per heavy atom. The molecule has 2 aromatic rings. The minimum absolute atomic E-state index is 0.249. The van der Waals surface area contributed by atoms with Crippen molar-refractivity contribution in [3.63, 3.8) is 0 Å². The molecule has 0 atom stereocenters. The molecule has 28 heavy (non-hydrogen) atoms. The van der Waals surface area contributed by atoms with E-state index in [0.717, 1.165) is 36.1 Å². The summed E-state index contributed by atoms with van der Waals surface area (Å²) in [7, 11) is 0. The van der Waals surface area contributed by atoms with Gasteiger partial charge in [-0.25, -0.2) is 0 Å². The zero-order chi connectivity index (χ0) is 19.9. The van der Waals surface area contributed by atoms with Crippen molar-refractivity contribution < 1.29 is 9.59 Å². The highest BCUT2D eigenvalue weighted by Crippen LogP contribution is 2.21. The molecule has 0 fully saturated rings. The Labute approximate surface area is 166 Å². The molecule has 0 aliphatic heterocycles. The first kappa shape index (κ1) is 19.8. The second kappa shape index (κ2) is 9.31. The topological polar surface area (TPSA) is 71.1 Å². The van der Waals surface area contributed by atoms with Crippen molar-refractivity contribution in [2.75, 3.05) is 11.9 Å². The number of hydrogen-bond acceptors (Lipinski definition) is 3. The van der Waals surface area contributed by atoms with Crippen molar-refractivity contribution in [1.29, 1.82) is 0 Å². The standard InChI is InChI=1S/C23H27N3O2/c1-16-7-6-8-17(2)21(16)26-22(27)19-12-14-24-20(15-19)23(28)25-13-11-18-9-4-3-5-10-18/h6-9,12,14-15H,3-5,10-11,13H2,1-2H3,(H,25,28)(H,26,27). The molecule has 0 unspecified atom stereocenters. The van der Waals surface area contributed by atoms with E-state index in [-0.39, 0.29) is 17.5 Å². The average Bonchev–Trinajstić information content (AvgIpc) is 2.71. The Morgan fingerprint density at radius 2 is 1.86 bits per heavy atom. The van der Waals surface area contributed by atoms with E-state index in [2.05, 4.69) is 21.7 Å². The predicted molar refractivity (Wildman–Crippen MR) is 112 cm³/mol. The molecule has 0 saturated heterocycles. The summed E-state index contributed by atoms with van der Waals surface area (Å²) in [6.07, 6.45) is 9.42. The van der Waals surface area contributed by atoms with Crippen LogP contribution in [0.1, 0.15) is 64.1 Å². The number of hydrogen-bond donors (Lipinski definition) is 2. The van der Waals surface area contributed by atoms with E-state index in [0.29, 0.717) is 12.1 Å². The minimum Gasteiger partial charge on any atom is -0.350 e. The van der Waals surface area contributed by atoms with Gasteiger partial charge in [-0.3, -0.25) is 14.6 Å². The van der Waals surface area contributed by atoms with Crippen LogP contribution in [-0.4, -0.2) is 23.3 Å². The van der Waals surface area contributed by atoms with Crippen LogP contribution in [0.5, 0.6) is 0 Å². The molecule has 5 nitrogen and oxygen atoms in total. The molecule has 0 saturated carbocycles. The fourth-order valence-electron chi connectivity index (χ4n) is 3.45. The number of aryl methyl sites for hydroxylation is 2. The molecule has 2 N–H and O–H groups in total. The number of aromatic nitrogens is 1. The molecule has 0 bridgehead atoms. The van der Waals surface area contributed by atoms with Gasteiger partial charge in [0.2, 0.25) is 0 Å². The highest BCUT2D eigenvalue weighted by atomic mass is 16.2. The maximum absolute atomic E-state index is 12.6. The van der Waals surface area contributed by atoms with E-state index in [1.165, 1.54) is 30.7 Å². The number of rotatable bonds is 6. The van der Waals surface area contributed by atoms with E-state index >= 15 is 0 Å². The monoisotopic (exact) mass is 377 g/mol. The van der Waals surface area contributed by atoms with Crippen LogP contribution in [-0.2, 0) is 0 Å². The fourth-order valence-corrected chi connectivity index (χ4v) is 3.45. The Hall–Kier alpha value is -2.95. The molecule has 2 amide bonds. The third-order valence-electron chi connectivity index (χ3n) is 5.09. The largest absolute Gasteiger partial charge is 0.350 e. The molecule has 1 heterocycles. The van der Waals surface area contributed by atoms with Crippen molar-refractivity contribution in [3.8, 4) is 0 Å². The first-order chi connectivity index (χ1) is 13.5. The van der Waals surface area contributed by atoms with Crippen LogP contribution in [0.3, 0.4) is 0 Å². The fraction of sp³-hybridized carbons (Fsp3) is 0.348. The third-order valence-corrected chi connectivity index (χ3v) is 5.09. The maximum Gasteiger partial charge on any atom is 0.269 e. The number of amides is 2. The van der Waals surface area contributed by atoms with Gasteiger partial charge in [-0.05, 0) is 69.2 Å². The normalized spacial score (nSPS) is 13.6. The summed E-state index contributed by atoms with van der Waals surface area (Å²) in [5, 5.41) is 5.85. The summed E-state index contributed by atoms with van der Waals surface area (Å²) < 4.78 is 0. The molecule has 1 aliphatic carbocycles. The van der Waals surface area contributed by atoms with Crippen molar-refractivity contribution in [3.05, 3.63) is 70.6 Å². The van der Waals surface area contributed by atoms with Crippen LogP contribution in [0.15, 0.2) is 48.2 Å². The Bertz CT molecular complexity index is 882. The van der Waals surface area contributed by atoms with Gasteiger partial charge in [0.05, 0.1) is 0 Å². The van der Waals surface area contributed by atoms with Gasteiger partial charge in [0.15, 0.2) is 0 Å². The Kier molecular flexibility index (Phi) is 6.58. The van der Waals surface area contributed by atoms with Gasteiger partial charge >= 0.3 is 0 Å². The summed E-state index contributed by atoms with van der Waals surface area (Å²) >= 11 is 0. The summed E-state index contributed by atoms with van der Waals surface area (Å²) in [6.45, 7) is 4.50. The lowest BCUT2D eigenvalue weighted by molar-refractivity contribution is 0.0949. The molecule has 1 aromatic heterocycles. The second-order valence-corrected chi connectivity index (χ2v) is 7.26. The molecule has 1 aliphatic rings. The number of para-hydroxylation sites is 1. The highest BCUT2D eigenvalue weighted by molar-refractivity contribution is 6.06. The van der Waals surface area contributed by atoms with Crippen LogP contribution in [0.4, 0.5) is 5.69 Å². The number of nitrogens with one attached hydrogen (secondary N) is 2. The summed E-state index contributed by atoms with van der Waals surface area (Å²) in [6, 6.07) is 9.02. The van der Waals surface area contributed by atoms with Crippen molar-refractivity contribution in [1.82, 2.24) is 10.3 Å². The molecule has 146 valence electrons. The van der Waals surface area contributed by atoms with Crippen molar-refractivity contribution >= 4 is 17.5 Å². The lowest BCUT2D eigenvalue weighted by atomic mass is 9.97. The molecule has 1 aromatic carbocycles. The van der Waals surface area contributed by atoms with E-state index in [1.807, 2.05) is 32.0 Å². The second-order valence-electron chi connectivity index (χ2n) is 7.26. The van der Waals surface area contributed by atoms with Gasteiger partial charge in [-0.15, -0.1) is 0 Å². The number of allylic oxidation sites excluding steroid dienone is 1. The zero-order valence-electron chi connectivity index (χ0n) is 16.5. The van der Waals surface area contributed by atoms with E-state index < -0.39 is 0 Å². The Balaban J connectivity index is 1.61. The highest BCUT2D eigenvalue weighted by Gasteiger charge is 2.14. The molecule has 0 spiro atoms. The number of anilines is 1. The van der Waals surface area contributed by atoms with Gasteiger partial charge < -0.3 is 10.6 Å². The third kappa shape index (κ3) is 5.06. The number of nitrogens with zero attached hydrogens (tertiary/aromatic N) is 1. The van der Waals surface area contributed by atoms with Crippen LogP contribution < -0.4 is 10.6 Å². The van der Waals surface area contributed by atoms with Gasteiger partial charge in [-0.1, -0.05) is 29.8 Å². The lowest BCUT2D eigenvalue weighted by Crippen LogP contribution is -2.26. The van der Waals surface area contributed by atoms with Crippen LogP contribution >= 0.6 is 0 Å². The maximum atomic E-state index is 12.6. The van der Waals surface area contributed by atoms with Gasteiger partial charge in [-0.2, -0.15) is 0 Å². The summed E-state index contributed by atoms with van der Waals surface area (Å²) in [5.41, 5.74) is 4.89. The molecule has 3 rings (SSSR count). The molecule has 0 radical (unpaired) electrons. The number of benzene rings is 1. The predicted octanol–water partition coefficient (Wildman–Crippen LogP) is 4.57. The number of carbonyl (C=O) groups is 2. The van der Waals surface area contributed by atoms with Gasteiger partial charge in [0, 0.05) is 24.0 Å². The quantitative estimate of drug-likeness (QED) is 0.724. The van der Waals surface area contributed by atoms with Crippen molar-refractivity contribution in [2.24, 2.45) is 0 Å². The zero-order valence-corrected chi connectivity index (χ0v) is 16.5. The SMILES string of the molecule is Cc1cccc(C)c1NC(=O)c1ccnc(C(=O)NCCC2=CCCCC2)c1. The molecular weight excluding hydrogens is 350 g/mol. The number of pyridine rings is 1. The summed E-state index contributed by atoms with van der Waals surface area (Å²) in [4.78, 5) is 29.2. The van der Waals surface area contributed by atoms with Crippen molar-refractivity contribution in [2.45, 2.75) is 46.0 Å². The average molecular weight is 377 g/mol. The summed E-state index contributed by atoms with van der Waals surface area (Å²) in [5.74, 6) is -0.501. The van der Waals surface area contributed by atoms with Crippen LogP contribution in [0.25, 0.3) is 0 Å². The smallest absolute Gasteiger partial charge is 0.269 e. The number of carbonyl (C=O) groups excluding carboxylic acids is 2.